The normalized spacial score (nSPS) is 11.1. The van der Waals surface area contributed by atoms with Gasteiger partial charge in [0.1, 0.15) is 5.69 Å². The van der Waals surface area contributed by atoms with E-state index in [-0.39, 0.29) is 0 Å². The highest BCUT2D eigenvalue weighted by Crippen LogP contribution is 2.28. The molecule has 0 unspecified atom stereocenters. The third-order valence-electron chi connectivity index (χ3n) is 5.58. The van der Waals surface area contributed by atoms with Crippen molar-refractivity contribution >= 4 is 21.8 Å². The Morgan fingerprint density at radius 2 is 0.906 bits per heavy atom. The molecule has 32 heavy (non-hydrogen) atoms. The minimum Gasteiger partial charge on any atom is -0.245 e. The molecular weight excluding hydrogens is 392 g/mol. The minimum absolute atomic E-state index is 0.600. The Balaban J connectivity index is 1.46. The lowest BCUT2D eigenvalue weighted by Crippen LogP contribution is -1.94. The maximum Gasteiger partial charge on any atom is 0.178 e. The summed E-state index contributed by atoms with van der Waals surface area (Å²) < 4.78 is 0. The van der Waals surface area contributed by atoms with Gasteiger partial charge in [0.15, 0.2) is 5.82 Å². The van der Waals surface area contributed by atoms with Crippen LogP contribution in [0.2, 0.25) is 0 Å². The van der Waals surface area contributed by atoms with E-state index < -0.39 is 0 Å². The topological polar surface area (TPSA) is 51.6 Å². The molecule has 150 valence electrons. The largest absolute Gasteiger partial charge is 0.245 e. The summed E-state index contributed by atoms with van der Waals surface area (Å²) in [7, 11) is 0. The van der Waals surface area contributed by atoms with Gasteiger partial charge in [-0.3, -0.25) is 0 Å². The van der Waals surface area contributed by atoms with Gasteiger partial charge < -0.3 is 0 Å². The lowest BCUT2D eigenvalue weighted by Gasteiger charge is -2.08. The highest BCUT2D eigenvalue weighted by atomic mass is 14.9. The van der Waals surface area contributed by atoms with Crippen molar-refractivity contribution in [1.29, 1.82) is 0 Å². The third-order valence-corrected chi connectivity index (χ3v) is 5.58. The average molecular weight is 410 g/mol. The maximum atomic E-state index is 4.96. The Labute approximate surface area is 185 Å². The zero-order valence-corrected chi connectivity index (χ0v) is 17.2. The molecular formula is C28H18N4. The van der Waals surface area contributed by atoms with E-state index in [9.17, 15) is 0 Å². The summed E-state index contributed by atoms with van der Waals surface area (Å²) in [5, 5.41) is 2.10. The first kappa shape index (κ1) is 18.3. The van der Waals surface area contributed by atoms with Crippen LogP contribution in [0.15, 0.2) is 109 Å². The zero-order chi connectivity index (χ0) is 21.3. The summed E-state index contributed by atoms with van der Waals surface area (Å²) in [4.78, 5) is 19.0. The van der Waals surface area contributed by atoms with Crippen LogP contribution in [0.3, 0.4) is 0 Å². The predicted molar refractivity (Wildman–Crippen MR) is 129 cm³/mol. The van der Waals surface area contributed by atoms with E-state index >= 15 is 0 Å². The van der Waals surface area contributed by atoms with E-state index in [1.54, 1.807) is 0 Å². The molecule has 0 aliphatic heterocycles. The van der Waals surface area contributed by atoms with Gasteiger partial charge in [-0.1, -0.05) is 84.9 Å². The highest BCUT2D eigenvalue weighted by molar-refractivity contribution is 6.04. The summed E-state index contributed by atoms with van der Waals surface area (Å²) in [5.74, 6) is 0.600. The van der Waals surface area contributed by atoms with Crippen molar-refractivity contribution in [2.45, 2.75) is 0 Å². The Morgan fingerprint density at radius 1 is 0.406 bits per heavy atom. The molecule has 0 spiro atoms. The SMILES string of the molecule is c1ccc(-c2cnc(-c3ccc4ccc5ccc(-c6ccccc6)nc5c4n3)nc2)cc1. The molecule has 3 heterocycles. The van der Waals surface area contributed by atoms with Gasteiger partial charge >= 0.3 is 0 Å². The second-order valence-electron chi connectivity index (χ2n) is 7.63. The van der Waals surface area contributed by atoms with Crippen molar-refractivity contribution in [2.24, 2.45) is 0 Å². The van der Waals surface area contributed by atoms with Gasteiger partial charge in [0, 0.05) is 34.3 Å². The molecule has 0 N–H and O–H groups in total. The first-order chi connectivity index (χ1) is 15.8. The average Bonchev–Trinajstić information content (AvgIpc) is 2.89. The quantitative estimate of drug-likeness (QED) is 0.310. The lowest BCUT2D eigenvalue weighted by atomic mass is 10.1. The molecule has 0 bridgehead atoms. The Bertz CT molecular complexity index is 1540. The monoisotopic (exact) mass is 410 g/mol. The smallest absolute Gasteiger partial charge is 0.178 e. The molecule has 3 aromatic carbocycles. The molecule has 0 amide bonds. The van der Waals surface area contributed by atoms with Crippen LogP contribution in [-0.2, 0) is 0 Å². The molecule has 0 fully saturated rings. The van der Waals surface area contributed by atoms with Gasteiger partial charge in [-0.25, -0.2) is 19.9 Å². The van der Waals surface area contributed by atoms with Crippen molar-refractivity contribution in [3.63, 3.8) is 0 Å². The molecule has 6 aromatic rings. The second-order valence-corrected chi connectivity index (χ2v) is 7.63. The summed E-state index contributed by atoms with van der Waals surface area (Å²) >= 11 is 0. The predicted octanol–water partition coefficient (Wildman–Crippen LogP) is 6.57. The van der Waals surface area contributed by atoms with Crippen LogP contribution in [0.5, 0.6) is 0 Å². The van der Waals surface area contributed by atoms with Crippen LogP contribution >= 0.6 is 0 Å². The molecule has 4 nitrogen and oxygen atoms in total. The molecule has 6 rings (SSSR count). The molecule has 0 radical (unpaired) electrons. The van der Waals surface area contributed by atoms with Crippen LogP contribution in [0.4, 0.5) is 0 Å². The van der Waals surface area contributed by atoms with Gasteiger partial charge in [0.25, 0.3) is 0 Å². The number of benzene rings is 3. The minimum atomic E-state index is 0.600. The number of hydrogen-bond acceptors (Lipinski definition) is 4. The van der Waals surface area contributed by atoms with Crippen LogP contribution in [0.25, 0.3) is 55.7 Å². The standard InChI is InChI=1S/C28H18N4/c1-3-7-19(8-4-1)23-17-29-28(30-18-23)25-16-14-22-12-11-21-13-15-24(20-9-5-2-6-10-20)31-26(21)27(22)32-25/h1-18H. The first-order valence-electron chi connectivity index (χ1n) is 10.5. The Morgan fingerprint density at radius 3 is 1.53 bits per heavy atom. The van der Waals surface area contributed by atoms with Gasteiger partial charge in [0.2, 0.25) is 0 Å². The number of aromatic nitrogens is 4. The van der Waals surface area contributed by atoms with E-state index in [1.165, 1.54) is 0 Å². The summed E-state index contributed by atoms with van der Waals surface area (Å²) in [6.07, 6.45) is 3.69. The van der Waals surface area contributed by atoms with Crippen molar-refractivity contribution in [1.82, 2.24) is 19.9 Å². The van der Waals surface area contributed by atoms with Gasteiger partial charge in [-0.05, 0) is 17.7 Å². The maximum absolute atomic E-state index is 4.96. The Hall–Kier alpha value is -4.44. The molecule has 0 aliphatic carbocycles. The second kappa shape index (κ2) is 7.67. The van der Waals surface area contributed by atoms with E-state index in [4.69, 9.17) is 9.97 Å². The summed E-state index contributed by atoms with van der Waals surface area (Å²) in [5.41, 5.74) is 6.56. The van der Waals surface area contributed by atoms with Crippen molar-refractivity contribution in [3.8, 4) is 33.9 Å². The first-order valence-corrected chi connectivity index (χ1v) is 10.5. The fourth-order valence-electron chi connectivity index (χ4n) is 3.90. The van der Waals surface area contributed by atoms with E-state index in [0.717, 1.165) is 49.9 Å². The summed E-state index contributed by atoms with van der Waals surface area (Å²) in [6, 6.07) is 32.7. The third kappa shape index (κ3) is 3.28. The van der Waals surface area contributed by atoms with Gasteiger partial charge in [-0.2, -0.15) is 0 Å². The number of pyridine rings is 2. The van der Waals surface area contributed by atoms with Crippen molar-refractivity contribution in [3.05, 3.63) is 109 Å². The van der Waals surface area contributed by atoms with Crippen LogP contribution < -0.4 is 0 Å². The van der Waals surface area contributed by atoms with Crippen molar-refractivity contribution < 1.29 is 0 Å². The van der Waals surface area contributed by atoms with E-state index in [2.05, 4.69) is 64.6 Å². The lowest BCUT2D eigenvalue weighted by molar-refractivity contribution is 1.15. The van der Waals surface area contributed by atoms with Gasteiger partial charge in [0.05, 0.1) is 16.7 Å². The molecule has 3 aromatic heterocycles. The number of hydrogen-bond donors (Lipinski definition) is 0. The van der Waals surface area contributed by atoms with Crippen molar-refractivity contribution in [2.75, 3.05) is 0 Å². The van der Waals surface area contributed by atoms with E-state index in [0.29, 0.717) is 5.82 Å². The van der Waals surface area contributed by atoms with Gasteiger partial charge in [-0.15, -0.1) is 0 Å². The molecule has 0 atom stereocenters. The van der Waals surface area contributed by atoms with Crippen LogP contribution in [-0.4, -0.2) is 19.9 Å². The number of fused-ring (bicyclic) bond motifs is 3. The Kier molecular flexibility index (Phi) is 4.40. The fraction of sp³-hybridized carbons (Fsp3) is 0. The molecule has 4 heteroatoms. The van der Waals surface area contributed by atoms with Crippen LogP contribution in [0, 0.1) is 0 Å². The summed E-state index contributed by atoms with van der Waals surface area (Å²) in [6.45, 7) is 0. The van der Waals surface area contributed by atoms with Crippen LogP contribution in [0.1, 0.15) is 0 Å². The van der Waals surface area contributed by atoms with E-state index in [1.807, 2.05) is 54.9 Å². The highest BCUT2D eigenvalue weighted by Gasteiger charge is 2.10. The fourth-order valence-corrected chi connectivity index (χ4v) is 3.90. The zero-order valence-electron chi connectivity index (χ0n) is 17.2. The molecule has 0 aliphatic rings. The number of rotatable bonds is 3. The molecule has 0 saturated heterocycles. The number of nitrogens with zero attached hydrogens (tertiary/aromatic N) is 4. The molecule has 0 saturated carbocycles.